The molecule has 23 heavy (non-hydrogen) atoms. The van der Waals surface area contributed by atoms with Gasteiger partial charge in [0.05, 0.1) is 6.21 Å². The number of aromatic nitrogens is 1. The Balaban J connectivity index is 0.000000871. The van der Waals surface area contributed by atoms with Crippen molar-refractivity contribution in [3.8, 4) is 5.75 Å². The van der Waals surface area contributed by atoms with Crippen LogP contribution in [0.5, 0.6) is 5.75 Å². The Morgan fingerprint density at radius 3 is 2.57 bits per heavy atom. The third-order valence-corrected chi connectivity index (χ3v) is 2.58. The molecule has 0 aliphatic carbocycles. The molecule has 0 aliphatic heterocycles. The minimum Gasteiger partial charge on any atom is -0.871 e. The molecule has 0 saturated heterocycles. The molecule has 1 aromatic heterocycles. The first-order chi connectivity index (χ1) is 10.4. The molecule has 6 nitrogen and oxygen atoms in total. The average molecular weight is 406 g/mol. The molecule has 2 rings (SSSR count). The number of hydrogen-bond acceptors (Lipinski definition) is 6. The van der Waals surface area contributed by atoms with Crippen LogP contribution >= 0.6 is 23.2 Å². The van der Waals surface area contributed by atoms with Crippen LogP contribution in [-0.4, -0.2) is 17.2 Å². The number of hydrogen-bond donors (Lipinski definition) is 1. The van der Waals surface area contributed by atoms with Gasteiger partial charge in [-0.2, -0.15) is 5.10 Å². The fourth-order valence-corrected chi connectivity index (χ4v) is 1.78. The second-order valence-corrected chi connectivity index (χ2v) is 4.73. The van der Waals surface area contributed by atoms with E-state index in [1.54, 1.807) is 18.3 Å². The smallest absolute Gasteiger partial charge is 0.871 e. The second kappa shape index (κ2) is 10.9. The van der Waals surface area contributed by atoms with Crippen molar-refractivity contribution in [3.63, 3.8) is 0 Å². The quantitative estimate of drug-likeness (QED) is 0.475. The van der Waals surface area contributed by atoms with E-state index in [-0.39, 0.29) is 30.3 Å². The summed E-state index contributed by atoms with van der Waals surface area (Å²) < 4.78 is 0. The predicted octanol–water partition coefficient (Wildman–Crippen LogP) is 1.66. The molecule has 0 bridgehead atoms. The standard InChI is InChI=1S/C12H9Cl2N3O.C2H4O2.Zn/c13-9-5-8(12(18)10(14)6-9)7-16-17-11-3-1-2-4-15-11;1-2(3)4;/h1-7,18H,(H,15,17);1H3,(H,3,4);/q;;+2/p-2. The molecule has 0 saturated carbocycles. The van der Waals surface area contributed by atoms with Crippen LogP contribution in [0.4, 0.5) is 5.82 Å². The van der Waals surface area contributed by atoms with E-state index in [1.807, 2.05) is 6.07 Å². The van der Waals surface area contributed by atoms with Crippen molar-refractivity contribution >= 4 is 41.2 Å². The molecule has 0 fully saturated rings. The minimum atomic E-state index is -1.08. The van der Waals surface area contributed by atoms with Gasteiger partial charge in [-0.3, -0.25) is 5.43 Å². The number of carboxylic acids is 1. The molecular formula is C14H11Cl2N3O3Zn. The summed E-state index contributed by atoms with van der Waals surface area (Å²) in [5.74, 6) is -0.818. The van der Waals surface area contributed by atoms with Gasteiger partial charge >= 0.3 is 19.5 Å². The van der Waals surface area contributed by atoms with Gasteiger partial charge in [0.25, 0.3) is 0 Å². The van der Waals surface area contributed by atoms with Crippen molar-refractivity contribution in [2.75, 3.05) is 5.43 Å². The number of nitrogens with zero attached hydrogens (tertiary/aromatic N) is 2. The Kier molecular flexibility index (Phi) is 10.1. The number of benzene rings is 1. The van der Waals surface area contributed by atoms with Gasteiger partial charge in [-0.05, 0) is 36.8 Å². The van der Waals surface area contributed by atoms with E-state index in [9.17, 15) is 5.11 Å². The number of hydrazone groups is 1. The molecule has 1 N–H and O–H groups in total. The fourth-order valence-electron chi connectivity index (χ4n) is 1.27. The Morgan fingerprint density at radius 1 is 1.35 bits per heavy atom. The summed E-state index contributed by atoms with van der Waals surface area (Å²) >= 11 is 11.5. The largest absolute Gasteiger partial charge is 2.00 e. The van der Waals surface area contributed by atoms with Gasteiger partial charge in [-0.1, -0.05) is 35.0 Å². The van der Waals surface area contributed by atoms with Gasteiger partial charge in [0.15, 0.2) is 0 Å². The number of carbonyl (C=O) groups is 1. The molecule has 0 unspecified atom stereocenters. The summed E-state index contributed by atoms with van der Waals surface area (Å²) in [4.78, 5) is 12.9. The van der Waals surface area contributed by atoms with E-state index < -0.39 is 5.97 Å². The first kappa shape index (κ1) is 21.3. The van der Waals surface area contributed by atoms with Gasteiger partial charge in [0.2, 0.25) is 0 Å². The van der Waals surface area contributed by atoms with Gasteiger partial charge in [0, 0.05) is 22.2 Å². The minimum absolute atomic E-state index is 0. The molecule has 1 aromatic carbocycles. The van der Waals surface area contributed by atoms with Crippen LogP contribution in [0.3, 0.4) is 0 Å². The van der Waals surface area contributed by atoms with Crippen LogP contribution < -0.4 is 15.6 Å². The van der Waals surface area contributed by atoms with E-state index in [4.69, 9.17) is 33.1 Å². The predicted molar refractivity (Wildman–Crippen MR) is 82.0 cm³/mol. The van der Waals surface area contributed by atoms with Gasteiger partial charge in [-0.25, -0.2) is 4.98 Å². The van der Waals surface area contributed by atoms with Gasteiger partial charge in [0.1, 0.15) is 5.82 Å². The van der Waals surface area contributed by atoms with Crippen molar-refractivity contribution < 1.29 is 34.5 Å². The Hall–Kier alpha value is -1.69. The first-order valence-corrected chi connectivity index (χ1v) is 6.69. The van der Waals surface area contributed by atoms with Crippen molar-refractivity contribution in [1.29, 1.82) is 0 Å². The Bertz CT molecular complexity index is 666. The van der Waals surface area contributed by atoms with E-state index in [2.05, 4.69) is 15.5 Å². The summed E-state index contributed by atoms with van der Waals surface area (Å²) in [6.07, 6.45) is 2.99. The average Bonchev–Trinajstić information content (AvgIpc) is 2.44. The second-order valence-electron chi connectivity index (χ2n) is 3.88. The van der Waals surface area contributed by atoms with Crippen LogP contribution in [-0.2, 0) is 24.3 Å². The number of carboxylic acid groups (broad SMARTS) is 1. The molecular weight excluding hydrogens is 394 g/mol. The molecule has 0 atom stereocenters. The fraction of sp³-hybridized carbons (Fsp3) is 0.0714. The third kappa shape index (κ3) is 8.50. The van der Waals surface area contributed by atoms with Gasteiger partial charge < -0.3 is 15.0 Å². The number of halogens is 2. The van der Waals surface area contributed by atoms with Crippen molar-refractivity contribution in [3.05, 3.63) is 52.1 Å². The maximum atomic E-state index is 11.6. The summed E-state index contributed by atoms with van der Waals surface area (Å²) in [6.45, 7) is 0.972. The summed E-state index contributed by atoms with van der Waals surface area (Å²) in [5.41, 5.74) is 3.01. The molecule has 2 aromatic rings. The molecule has 116 valence electrons. The molecule has 0 spiro atoms. The zero-order chi connectivity index (χ0) is 16.5. The number of aliphatic carboxylic acids is 1. The normalized spacial score (nSPS) is 9.52. The SMILES string of the molecule is CC(=O)[O-].[O-]c1c(Cl)cc(Cl)cc1C=NNc1ccccn1.[Zn+2]. The van der Waals surface area contributed by atoms with Crippen LogP contribution in [0, 0.1) is 0 Å². The van der Waals surface area contributed by atoms with Crippen LogP contribution in [0.2, 0.25) is 10.0 Å². The summed E-state index contributed by atoms with van der Waals surface area (Å²) in [6, 6.07) is 8.26. The monoisotopic (exact) mass is 403 g/mol. The number of nitrogens with one attached hydrogen (secondary N) is 1. The van der Waals surface area contributed by atoms with E-state index in [1.165, 1.54) is 18.3 Å². The molecule has 9 heteroatoms. The van der Waals surface area contributed by atoms with Crippen molar-refractivity contribution in [1.82, 2.24) is 4.98 Å². The number of anilines is 1. The number of rotatable bonds is 3. The van der Waals surface area contributed by atoms with Crippen LogP contribution in [0.15, 0.2) is 41.6 Å². The number of carbonyl (C=O) groups excluding carboxylic acids is 1. The van der Waals surface area contributed by atoms with E-state index in [0.29, 0.717) is 16.4 Å². The molecule has 0 radical (unpaired) electrons. The first-order valence-electron chi connectivity index (χ1n) is 5.94. The molecule has 1 heterocycles. The summed E-state index contributed by atoms with van der Waals surface area (Å²) in [5, 5.41) is 24.9. The molecule has 0 aliphatic rings. The van der Waals surface area contributed by atoms with E-state index >= 15 is 0 Å². The van der Waals surface area contributed by atoms with Gasteiger partial charge in [-0.15, -0.1) is 0 Å². The third-order valence-electron chi connectivity index (χ3n) is 2.08. The Morgan fingerprint density at radius 2 is 2.00 bits per heavy atom. The van der Waals surface area contributed by atoms with Crippen molar-refractivity contribution in [2.45, 2.75) is 6.92 Å². The maximum absolute atomic E-state index is 11.6. The van der Waals surface area contributed by atoms with E-state index in [0.717, 1.165) is 6.92 Å². The van der Waals surface area contributed by atoms with Crippen LogP contribution in [0.1, 0.15) is 12.5 Å². The summed E-state index contributed by atoms with van der Waals surface area (Å²) in [7, 11) is 0. The zero-order valence-electron chi connectivity index (χ0n) is 12.1. The topological polar surface area (TPSA) is 100 Å². The maximum Gasteiger partial charge on any atom is 2.00 e. The zero-order valence-corrected chi connectivity index (χ0v) is 16.6. The van der Waals surface area contributed by atoms with Crippen molar-refractivity contribution in [2.24, 2.45) is 5.10 Å². The number of pyridine rings is 1. The molecule has 0 amide bonds. The van der Waals surface area contributed by atoms with Crippen LogP contribution in [0.25, 0.3) is 0 Å². The Labute approximate surface area is 155 Å².